The van der Waals surface area contributed by atoms with Gasteiger partial charge in [-0.2, -0.15) is 0 Å². The fourth-order valence-electron chi connectivity index (χ4n) is 2.75. The van der Waals surface area contributed by atoms with Crippen molar-refractivity contribution < 1.29 is 13.2 Å². The van der Waals surface area contributed by atoms with Crippen LogP contribution in [0.4, 0.5) is 5.69 Å². The lowest BCUT2D eigenvalue weighted by Gasteiger charge is -2.25. The summed E-state index contributed by atoms with van der Waals surface area (Å²) in [5.41, 5.74) is 2.08. The van der Waals surface area contributed by atoms with Crippen LogP contribution in [-0.2, 0) is 21.4 Å². The van der Waals surface area contributed by atoms with Crippen molar-refractivity contribution in [2.24, 2.45) is 0 Å². The average Bonchev–Trinajstić information content (AvgIpc) is 2.72. The second-order valence-electron chi connectivity index (χ2n) is 6.25. The van der Waals surface area contributed by atoms with Gasteiger partial charge in [-0.05, 0) is 42.3 Å². The molecule has 0 bridgehead atoms. The summed E-state index contributed by atoms with van der Waals surface area (Å²) >= 11 is 0. The maximum Gasteiger partial charge on any atom is 0.264 e. The molecular weight excluding hydrogens is 374 g/mol. The summed E-state index contributed by atoms with van der Waals surface area (Å²) in [6, 6.07) is 18.8. The molecule has 1 amide bonds. The summed E-state index contributed by atoms with van der Waals surface area (Å²) in [6.45, 7) is 1.78. The standard InChI is InChI=1S/C21H21N3O3S/c1-17-8-5-6-12-20(17)24(28(26,27)19-10-3-2-4-11-19)16-21(25)23-15-18-9-7-13-22-14-18/h2-14H,15-16H2,1H3,(H,23,25). The zero-order valence-corrected chi connectivity index (χ0v) is 16.3. The third kappa shape index (κ3) is 4.55. The van der Waals surface area contributed by atoms with Crippen molar-refractivity contribution in [3.05, 3.63) is 90.3 Å². The highest BCUT2D eigenvalue weighted by Gasteiger charge is 2.27. The smallest absolute Gasteiger partial charge is 0.264 e. The Labute approximate surface area is 164 Å². The predicted molar refractivity (Wildman–Crippen MR) is 108 cm³/mol. The maximum atomic E-state index is 13.2. The predicted octanol–water partition coefficient (Wildman–Crippen LogP) is 2.90. The van der Waals surface area contributed by atoms with E-state index in [1.807, 2.05) is 25.1 Å². The average molecular weight is 395 g/mol. The largest absolute Gasteiger partial charge is 0.350 e. The van der Waals surface area contributed by atoms with Crippen LogP contribution in [0, 0.1) is 6.92 Å². The monoisotopic (exact) mass is 395 g/mol. The molecule has 144 valence electrons. The molecule has 0 saturated heterocycles. The molecule has 7 heteroatoms. The topological polar surface area (TPSA) is 79.4 Å². The highest BCUT2D eigenvalue weighted by molar-refractivity contribution is 7.92. The quantitative estimate of drug-likeness (QED) is 0.667. The third-order valence-electron chi connectivity index (χ3n) is 4.22. The lowest BCUT2D eigenvalue weighted by Crippen LogP contribution is -2.41. The van der Waals surface area contributed by atoms with Gasteiger partial charge in [0, 0.05) is 18.9 Å². The van der Waals surface area contributed by atoms with Crippen LogP contribution in [0.2, 0.25) is 0 Å². The Morgan fingerprint density at radius 2 is 1.71 bits per heavy atom. The highest BCUT2D eigenvalue weighted by atomic mass is 32.2. The van der Waals surface area contributed by atoms with Crippen LogP contribution in [0.1, 0.15) is 11.1 Å². The van der Waals surface area contributed by atoms with E-state index in [-0.39, 0.29) is 18.0 Å². The molecule has 0 fully saturated rings. The highest BCUT2D eigenvalue weighted by Crippen LogP contribution is 2.26. The first-order valence-corrected chi connectivity index (χ1v) is 10.2. The first kappa shape index (κ1) is 19.6. The number of benzene rings is 2. The number of aromatic nitrogens is 1. The number of anilines is 1. The zero-order valence-electron chi connectivity index (χ0n) is 15.4. The summed E-state index contributed by atoms with van der Waals surface area (Å²) in [7, 11) is -3.89. The molecule has 0 spiro atoms. The van der Waals surface area contributed by atoms with E-state index in [0.717, 1.165) is 15.4 Å². The van der Waals surface area contributed by atoms with Crippen molar-refractivity contribution in [3.8, 4) is 0 Å². The van der Waals surface area contributed by atoms with E-state index < -0.39 is 15.9 Å². The Bertz CT molecular complexity index is 1040. The number of para-hydroxylation sites is 1. The minimum absolute atomic E-state index is 0.137. The van der Waals surface area contributed by atoms with Crippen LogP contribution >= 0.6 is 0 Å². The number of carbonyl (C=O) groups excluding carboxylic acids is 1. The van der Waals surface area contributed by atoms with E-state index >= 15 is 0 Å². The molecule has 0 aliphatic carbocycles. The van der Waals surface area contributed by atoms with Gasteiger partial charge in [0.05, 0.1) is 10.6 Å². The summed E-state index contributed by atoms with van der Waals surface area (Å²) in [4.78, 5) is 16.7. The molecule has 1 N–H and O–H groups in total. The maximum absolute atomic E-state index is 13.2. The number of pyridine rings is 1. The molecule has 3 aromatic rings. The number of amides is 1. The van der Waals surface area contributed by atoms with Gasteiger partial charge in [-0.1, -0.05) is 42.5 Å². The van der Waals surface area contributed by atoms with Crippen molar-refractivity contribution in [3.63, 3.8) is 0 Å². The summed E-state index contributed by atoms with van der Waals surface area (Å²) in [6.07, 6.45) is 3.30. The van der Waals surface area contributed by atoms with Crippen molar-refractivity contribution in [2.45, 2.75) is 18.4 Å². The molecule has 0 radical (unpaired) electrons. The lowest BCUT2D eigenvalue weighted by atomic mass is 10.2. The molecule has 28 heavy (non-hydrogen) atoms. The van der Waals surface area contributed by atoms with Crippen LogP contribution in [0.25, 0.3) is 0 Å². The fourth-order valence-corrected chi connectivity index (χ4v) is 4.26. The van der Waals surface area contributed by atoms with Gasteiger partial charge in [0.25, 0.3) is 10.0 Å². The molecular formula is C21H21N3O3S. The van der Waals surface area contributed by atoms with Gasteiger partial charge in [-0.3, -0.25) is 14.1 Å². The number of nitrogens with zero attached hydrogens (tertiary/aromatic N) is 2. The Morgan fingerprint density at radius 1 is 1.00 bits per heavy atom. The van der Waals surface area contributed by atoms with Gasteiger partial charge < -0.3 is 5.32 Å². The van der Waals surface area contributed by atoms with Gasteiger partial charge in [0.1, 0.15) is 6.54 Å². The molecule has 0 atom stereocenters. The minimum Gasteiger partial charge on any atom is -0.350 e. The van der Waals surface area contributed by atoms with E-state index in [4.69, 9.17) is 0 Å². The first-order chi connectivity index (χ1) is 13.5. The van der Waals surface area contributed by atoms with Crippen molar-refractivity contribution >= 4 is 21.6 Å². The third-order valence-corrected chi connectivity index (χ3v) is 5.99. The molecule has 0 aliphatic rings. The molecule has 0 unspecified atom stereocenters. The molecule has 6 nitrogen and oxygen atoms in total. The number of carbonyl (C=O) groups is 1. The lowest BCUT2D eigenvalue weighted by molar-refractivity contribution is -0.119. The molecule has 3 rings (SSSR count). The Kier molecular flexibility index (Phi) is 6.06. The molecule has 0 aliphatic heterocycles. The fraction of sp³-hybridized carbons (Fsp3) is 0.143. The number of aryl methyl sites for hydroxylation is 1. The summed E-state index contributed by atoms with van der Waals surface area (Å²) in [5, 5.41) is 2.76. The van der Waals surface area contributed by atoms with Gasteiger partial charge in [0.15, 0.2) is 0 Å². The number of rotatable bonds is 7. The van der Waals surface area contributed by atoms with Gasteiger partial charge in [-0.15, -0.1) is 0 Å². The van der Waals surface area contributed by atoms with Gasteiger partial charge >= 0.3 is 0 Å². The SMILES string of the molecule is Cc1ccccc1N(CC(=O)NCc1cccnc1)S(=O)(=O)c1ccccc1. The van der Waals surface area contributed by atoms with Crippen LogP contribution < -0.4 is 9.62 Å². The molecule has 1 heterocycles. The van der Waals surface area contributed by atoms with Gasteiger partial charge in [0.2, 0.25) is 5.91 Å². The van der Waals surface area contributed by atoms with Crippen molar-refractivity contribution in [2.75, 3.05) is 10.8 Å². The van der Waals surface area contributed by atoms with Crippen LogP contribution in [0.3, 0.4) is 0 Å². The number of hydrogen-bond acceptors (Lipinski definition) is 4. The van der Waals surface area contributed by atoms with Crippen LogP contribution in [0.15, 0.2) is 84.0 Å². The molecule has 0 saturated carbocycles. The van der Waals surface area contributed by atoms with E-state index in [2.05, 4.69) is 10.3 Å². The first-order valence-electron chi connectivity index (χ1n) is 8.77. The second kappa shape index (κ2) is 8.67. The number of hydrogen-bond donors (Lipinski definition) is 1. The Morgan fingerprint density at radius 3 is 2.39 bits per heavy atom. The second-order valence-corrected chi connectivity index (χ2v) is 8.11. The normalized spacial score (nSPS) is 11.0. The Hall–Kier alpha value is -3.19. The van der Waals surface area contributed by atoms with E-state index in [9.17, 15) is 13.2 Å². The van der Waals surface area contributed by atoms with Gasteiger partial charge in [-0.25, -0.2) is 8.42 Å². The zero-order chi connectivity index (χ0) is 20.0. The van der Waals surface area contributed by atoms with Crippen molar-refractivity contribution in [1.29, 1.82) is 0 Å². The van der Waals surface area contributed by atoms with E-state index in [1.165, 1.54) is 12.1 Å². The Balaban J connectivity index is 1.87. The minimum atomic E-state index is -3.89. The number of sulfonamides is 1. The van der Waals surface area contributed by atoms with Crippen LogP contribution in [-0.4, -0.2) is 25.9 Å². The van der Waals surface area contributed by atoms with E-state index in [1.54, 1.807) is 48.8 Å². The van der Waals surface area contributed by atoms with Crippen molar-refractivity contribution in [1.82, 2.24) is 10.3 Å². The molecule has 2 aromatic carbocycles. The summed E-state index contributed by atoms with van der Waals surface area (Å²) in [5.74, 6) is -0.397. The molecule has 1 aromatic heterocycles. The number of nitrogens with one attached hydrogen (secondary N) is 1. The van der Waals surface area contributed by atoms with E-state index in [0.29, 0.717) is 5.69 Å². The summed E-state index contributed by atoms with van der Waals surface area (Å²) < 4.78 is 27.6. The van der Waals surface area contributed by atoms with Crippen LogP contribution in [0.5, 0.6) is 0 Å².